The molecule has 0 aliphatic carbocycles. The van der Waals surface area contributed by atoms with Crippen LogP contribution in [0.5, 0.6) is 0 Å². The topological polar surface area (TPSA) is 119 Å². The van der Waals surface area contributed by atoms with E-state index in [-0.39, 0.29) is 19.4 Å². The predicted octanol–water partition coefficient (Wildman–Crippen LogP) is 12.6. The molecule has 0 bridgehead atoms. The predicted molar refractivity (Wildman–Crippen MR) is 225 cm³/mol. The fraction of sp³-hybridized carbons (Fsp3) is 0.600. The number of phosphoric ester groups is 1. The molecule has 0 aliphatic heterocycles. The summed E-state index contributed by atoms with van der Waals surface area (Å²) in [7, 11) is -4.78. The van der Waals surface area contributed by atoms with E-state index in [1.54, 1.807) is 0 Å². The Morgan fingerprint density at radius 1 is 0.500 bits per heavy atom. The summed E-state index contributed by atoms with van der Waals surface area (Å²) in [6.45, 7) is 3.48. The van der Waals surface area contributed by atoms with Crippen molar-refractivity contribution < 1.29 is 37.9 Å². The van der Waals surface area contributed by atoms with Crippen LogP contribution in [0, 0.1) is 0 Å². The number of unbranched alkanes of at least 4 members (excludes halogenated alkanes) is 10. The van der Waals surface area contributed by atoms with Crippen LogP contribution in [0.4, 0.5) is 0 Å². The maximum atomic E-state index is 12.4. The van der Waals surface area contributed by atoms with Crippen LogP contribution in [0.15, 0.2) is 97.2 Å². The molecule has 0 spiro atoms. The lowest BCUT2D eigenvalue weighted by molar-refractivity contribution is -0.161. The second kappa shape index (κ2) is 39.7. The van der Waals surface area contributed by atoms with Gasteiger partial charge in [0.1, 0.15) is 6.61 Å². The summed E-state index contributed by atoms with van der Waals surface area (Å²) in [4.78, 5) is 42.8. The second-order valence-corrected chi connectivity index (χ2v) is 14.5. The van der Waals surface area contributed by atoms with Crippen molar-refractivity contribution >= 4 is 19.8 Å². The van der Waals surface area contributed by atoms with Gasteiger partial charge < -0.3 is 19.3 Å². The molecule has 0 aromatic heterocycles. The number of ether oxygens (including phenoxy) is 2. The van der Waals surface area contributed by atoms with Crippen molar-refractivity contribution in [3.05, 3.63) is 97.2 Å². The summed E-state index contributed by atoms with van der Waals surface area (Å²) in [5.41, 5.74) is 0. The molecule has 0 aromatic rings. The van der Waals surface area contributed by atoms with Crippen molar-refractivity contribution in [1.82, 2.24) is 0 Å². The van der Waals surface area contributed by atoms with Crippen LogP contribution in [-0.2, 0) is 28.2 Å². The van der Waals surface area contributed by atoms with E-state index in [0.29, 0.717) is 12.8 Å². The number of rotatable bonds is 36. The van der Waals surface area contributed by atoms with Crippen LogP contribution < -0.4 is 0 Å². The van der Waals surface area contributed by atoms with E-state index in [1.165, 1.54) is 25.7 Å². The van der Waals surface area contributed by atoms with Gasteiger partial charge in [-0.25, -0.2) is 4.57 Å². The van der Waals surface area contributed by atoms with Crippen molar-refractivity contribution in [2.75, 3.05) is 13.2 Å². The Hall–Kier alpha value is -3.03. The van der Waals surface area contributed by atoms with Crippen LogP contribution in [0.25, 0.3) is 0 Å². The van der Waals surface area contributed by atoms with E-state index in [4.69, 9.17) is 19.3 Å². The maximum absolute atomic E-state index is 12.4. The van der Waals surface area contributed by atoms with Gasteiger partial charge in [-0.2, -0.15) is 0 Å². The lowest BCUT2D eigenvalue weighted by Crippen LogP contribution is -2.29. The largest absolute Gasteiger partial charge is 0.469 e. The van der Waals surface area contributed by atoms with E-state index in [9.17, 15) is 14.2 Å². The first-order valence-electron chi connectivity index (χ1n) is 20.5. The molecule has 0 unspecified atom stereocenters. The molecular formula is C45H73O8P. The Morgan fingerprint density at radius 2 is 0.889 bits per heavy atom. The molecule has 54 heavy (non-hydrogen) atoms. The molecule has 0 amide bonds. The number of hydrogen-bond donors (Lipinski definition) is 2. The molecule has 0 heterocycles. The summed E-state index contributed by atoms with van der Waals surface area (Å²) in [5, 5.41) is 0. The Bertz CT molecular complexity index is 1190. The third-order valence-electron chi connectivity index (χ3n) is 8.09. The monoisotopic (exact) mass is 773 g/mol. The van der Waals surface area contributed by atoms with Gasteiger partial charge in [0.2, 0.25) is 0 Å². The molecule has 0 saturated carbocycles. The minimum absolute atomic E-state index is 0.170. The Morgan fingerprint density at radius 3 is 1.33 bits per heavy atom. The van der Waals surface area contributed by atoms with Crippen molar-refractivity contribution in [3.63, 3.8) is 0 Å². The standard InChI is InChI=1S/C45H73O8P/c1-3-5-7-9-11-13-15-17-19-21-22-24-25-27-29-31-33-35-37-39-44(46)51-41-43(42-52-54(48,49)50)53-45(47)40-38-36-34-32-30-28-26-23-20-18-16-14-12-10-8-6-4-2/h6,8,11-14,17-20,22,24,26-29,43H,3-5,7,9-10,15-16,21,23,25,30-42H2,1-2H3,(H2,48,49,50)/b8-6-,13-11-,14-12-,19-17-,20-18-,24-22-,28-26-,29-27-/t43-/m1/s1. The number of allylic oxidation sites excluding steroid dienone is 16. The Balaban J connectivity index is 4.07. The second-order valence-electron chi connectivity index (χ2n) is 13.2. The van der Waals surface area contributed by atoms with Gasteiger partial charge in [0.15, 0.2) is 6.10 Å². The van der Waals surface area contributed by atoms with Crippen LogP contribution in [0.3, 0.4) is 0 Å². The molecule has 9 heteroatoms. The average molecular weight is 773 g/mol. The van der Waals surface area contributed by atoms with Crippen molar-refractivity contribution in [2.45, 2.75) is 161 Å². The lowest BCUT2D eigenvalue weighted by Gasteiger charge is -2.18. The zero-order chi connectivity index (χ0) is 39.6. The minimum Gasteiger partial charge on any atom is -0.462 e. The number of carbonyl (C=O) groups excluding carboxylic acids is 2. The van der Waals surface area contributed by atoms with Gasteiger partial charge in [-0.1, -0.05) is 143 Å². The summed E-state index contributed by atoms with van der Waals surface area (Å²) in [5.74, 6) is -0.959. The highest BCUT2D eigenvalue weighted by atomic mass is 31.2. The van der Waals surface area contributed by atoms with E-state index in [2.05, 4.69) is 116 Å². The molecule has 1 atom stereocenters. The van der Waals surface area contributed by atoms with Gasteiger partial charge >= 0.3 is 19.8 Å². The van der Waals surface area contributed by atoms with Gasteiger partial charge in [-0.15, -0.1) is 0 Å². The third kappa shape index (κ3) is 41.7. The van der Waals surface area contributed by atoms with Crippen molar-refractivity contribution in [1.29, 1.82) is 0 Å². The van der Waals surface area contributed by atoms with Crippen LogP contribution in [0.1, 0.15) is 155 Å². The van der Waals surface area contributed by atoms with Crippen LogP contribution >= 0.6 is 7.82 Å². The van der Waals surface area contributed by atoms with E-state index in [1.807, 2.05) is 0 Å². The highest BCUT2D eigenvalue weighted by molar-refractivity contribution is 7.46. The summed E-state index contributed by atoms with van der Waals surface area (Å²) < 4.78 is 26.3. The smallest absolute Gasteiger partial charge is 0.462 e. The lowest BCUT2D eigenvalue weighted by atomic mass is 10.1. The quantitative estimate of drug-likeness (QED) is 0.0280. The summed E-state index contributed by atoms with van der Waals surface area (Å²) in [6.07, 6.45) is 54.1. The highest BCUT2D eigenvalue weighted by Crippen LogP contribution is 2.36. The Labute approximate surface area is 328 Å². The molecule has 2 N–H and O–H groups in total. The van der Waals surface area contributed by atoms with Gasteiger partial charge in [0.25, 0.3) is 0 Å². The molecule has 0 fully saturated rings. The molecule has 0 aliphatic rings. The summed E-state index contributed by atoms with van der Waals surface area (Å²) >= 11 is 0. The highest BCUT2D eigenvalue weighted by Gasteiger charge is 2.22. The average Bonchev–Trinajstić information content (AvgIpc) is 3.14. The van der Waals surface area contributed by atoms with E-state index in [0.717, 1.165) is 89.9 Å². The molecule has 0 rings (SSSR count). The molecule has 0 saturated heterocycles. The molecule has 8 nitrogen and oxygen atoms in total. The zero-order valence-corrected chi connectivity index (χ0v) is 34.5. The van der Waals surface area contributed by atoms with Crippen molar-refractivity contribution in [3.8, 4) is 0 Å². The van der Waals surface area contributed by atoms with Gasteiger partial charge in [-0.3, -0.25) is 14.1 Å². The summed E-state index contributed by atoms with van der Waals surface area (Å²) in [6, 6.07) is 0. The fourth-order valence-electron chi connectivity index (χ4n) is 5.05. The number of carbonyl (C=O) groups is 2. The number of esters is 2. The van der Waals surface area contributed by atoms with Crippen LogP contribution in [-0.4, -0.2) is 41.0 Å². The van der Waals surface area contributed by atoms with E-state index >= 15 is 0 Å². The van der Waals surface area contributed by atoms with Gasteiger partial charge in [0, 0.05) is 12.8 Å². The minimum atomic E-state index is -4.78. The number of hydrogen-bond acceptors (Lipinski definition) is 6. The maximum Gasteiger partial charge on any atom is 0.469 e. The number of phosphoric acid groups is 1. The first-order chi connectivity index (χ1) is 26.3. The third-order valence-corrected chi connectivity index (χ3v) is 8.57. The van der Waals surface area contributed by atoms with Crippen molar-refractivity contribution in [2.24, 2.45) is 0 Å². The first-order valence-corrected chi connectivity index (χ1v) is 22.1. The normalized spacial score (nSPS) is 13.5. The van der Waals surface area contributed by atoms with Crippen LogP contribution in [0.2, 0.25) is 0 Å². The van der Waals surface area contributed by atoms with Gasteiger partial charge in [0.05, 0.1) is 6.61 Å². The SMILES string of the molecule is CC/C=C\C/C=C\C/C=C\C/C=C\CCCCCCC(=O)O[C@H](COC(=O)CCCCC/C=C\C/C=C\C/C=C\C/C=C\CCCCC)COP(=O)(O)O. The molecule has 306 valence electrons. The Kier molecular flexibility index (Phi) is 37.4. The zero-order valence-electron chi connectivity index (χ0n) is 33.6. The van der Waals surface area contributed by atoms with Gasteiger partial charge in [-0.05, 0) is 96.3 Å². The van der Waals surface area contributed by atoms with E-state index < -0.39 is 32.5 Å². The molecule has 0 aromatic carbocycles. The fourth-order valence-corrected chi connectivity index (χ4v) is 5.41. The molecule has 0 radical (unpaired) electrons. The molecular weight excluding hydrogens is 699 g/mol. The first kappa shape index (κ1) is 51.0.